The first kappa shape index (κ1) is 29.0. The van der Waals surface area contributed by atoms with Crippen LogP contribution in [0.5, 0.6) is 0 Å². The molecule has 0 saturated heterocycles. The number of hydrogen-bond donors (Lipinski definition) is 2. The van der Waals surface area contributed by atoms with E-state index >= 15 is 0 Å². The maximum absolute atomic E-state index is 14.3. The monoisotopic (exact) mass is 579 g/mol. The molecular weight excluding hydrogens is 554 g/mol. The maximum Gasteiger partial charge on any atom is 0.416 e. The molecule has 1 aliphatic rings. The topological polar surface area (TPSA) is 117 Å². The Kier molecular flexibility index (Phi) is 8.15. The van der Waals surface area contributed by atoms with E-state index in [2.05, 4.69) is 10.3 Å². The third kappa shape index (κ3) is 5.93. The van der Waals surface area contributed by atoms with Gasteiger partial charge in [-0.25, -0.2) is 12.8 Å². The van der Waals surface area contributed by atoms with Gasteiger partial charge in [-0.05, 0) is 66.8 Å². The number of hydrogen-bond acceptors (Lipinski definition) is 5. The van der Waals surface area contributed by atoms with Crippen molar-refractivity contribution in [3.8, 4) is 0 Å². The molecule has 2 N–H and O–H groups in total. The molecule has 4 rings (SSSR count). The zero-order valence-electron chi connectivity index (χ0n) is 21.1. The summed E-state index contributed by atoms with van der Waals surface area (Å²) in [5.41, 5.74) is -0.804. The third-order valence-corrected chi connectivity index (χ3v) is 8.82. The molecule has 1 aliphatic carbocycles. The normalized spacial score (nSPS) is 19.6. The molecule has 212 valence electrons. The molecule has 0 bridgehead atoms. The second kappa shape index (κ2) is 11.2. The Balaban J connectivity index is 1.54. The lowest BCUT2D eigenvalue weighted by Gasteiger charge is -2.35. The first-order valence-electron chi connectivity index (χ1n) is 12.2. The lowest BCUT2D eigenvalue weighted by molar-refractivity contribution is -0.148. The van der Waals surface area contributed by atoms with Crippen LogP contribution in [0.25, 0.3) is 0 Å². The number of carbonyl (C=O) groups is 2. The number of benzene rings is 2. The summed E-state index contributed by atoms with van der Waals surface area (Å²) in [6, 6.07) is 10.9. The fourth-order valence-electron chi connectivity index (χ4n) is 4.96. The highest BCUT2D eigenvalue weighted by Crippen LogP contribution is 2.43. The standard InChI is InChI=1S/C27H25F4N3O5S/c1-34(40(38,39)19-4-3-13-32-15-19)18-10-7-16(8-11-18)20-5-2-6-21(24(20)26(36)37)25(35)33-23-12-9-17(14-22(23)28)27(29,30)31/h3-4,7-15,20-21,24H,2,5-6H2,1H3,(H,33,35)(H,36,37)/t20-,21-,24-/m1/s1. The Hall–Kier alpha value is -4.00. The van der Waals surface area contributed by atoms with Crippen LogP contribution >= 0.6 is 0 Å². The van der Waals surface area contributed by atoms with E-state index in [0.29, 0.717) is 30.2 Å². The number of carboxylic acid groups (broad SMARTS) is 1. The second-order valence-electron chi connectivity index (χ2n) is 9.44. The molecule has 0 spiro atoms. The minimum atomic E-state index is -4.76. The molecule has 0 radical (unpaired) electrons. The van der Waals surface area contributed by atoms with Crippen LogP contribution < -0.4 is 9.62 Å². The largest absolute Gasteiger partial charge is 0.481 e. The molecule has 0 aliphatic heterocycles. The van der Waals surface area contributed by atoms with Crippen LogP contribution in [-0.2, 0) is 25.8 Å². The molecule has 0 unspecified atom stereocenters. The highest BCUT2D eigenvalue weighted by molar-refractivity contribution is 7.92. The highest BCUT2D eigenvalue weighted by Gasteiger charge is 2.43. The summed E-state index contributed by atoms with van der Waals surface area (Å²) < 4.78 is 79.7. The predicted molar refractivity (Wildman–Crippen MR) is 138 cm³/mol. The third-order valence-electron chi connectivity index (χ3n) is 7.05. The first-order valence-corrected chi connectivity index (χ1v) is 13.6. The van der Waals surface area contributed by atoms with Crippen LogP contribution in [0.2, 0.25) is 0 Å². The number of rotatable bonds is 7. The SMILES string of the molecule is CN(c1ccc([C@H]2CCC[C@@H](C(=O)Nc3ccc(C(F)(F)F)cc3F)[C@@H]2C(=O)O)cc1)S(=O)(=O)c1cccnc1. The molecule has 2 aromatic carbocycles. The molecule has 1 saturated carbocycles. The van der Waals surface area contributed by atoms with E-state index in [0.717, 1.165) is 10.4 Å². The number of carboxylic acids is 1. The number of halogens is 4. The van der Waals surface area contributed by atoms with E-state index in [4.69, 9.17) is 0 Å². The van der Waals surface area contributed by atoms with Gasteiger partial charge in [-0.3, -0.25) is 18.9 Å². The molecule has 1 aromatic heterocycles. The smallest absolute Gasteiger partial charge is 0.416 e. The second-order valence-corrected chi connectivity index (χ2v) is 11.4. The minimum absolute atomic E-state index is 0.00173. The number of pyridine rings is 1. The van der Waals surface area contributed by atoms with Crippen molar-refractivity contribution in [3.63, 3.8) is 0 Å². The Morgan fingerprint density at radius 1 is 1.07 bits per heavy atom. The van der Waals surface area contributed by atoms with Crippen LogP contribution in [0.1, 0.15) is 36.3 Å². The summed E-state index contributed by atoms with van der Waals surface area (Å²) in [7, 11) is -2.51. The molecule has 3 aromatic rings. The Labute approximate surface area is 227 Å². The summed E-state index contributed by atoms with van der Waals surface area (Å²) in [5.74, 6) is -6.25. The van der Waals surface area contributed by atoms with Crippen molar-refractivity contribution in [2.24, 2.45) is 11.8 Å². The fraction of sp³-hybridized carbons (Fsp3) is 0.296. The van der Waals surface area contributed by atoms with Gasteiger partial charge in [-0.1, -0.05) is 18.6 Å². The van der Waals surface area contributed by atoms with Crippen LogP contribution in [0.4, 0.5) is 28.9 Å². The predicted octanol–water partition coefficient (Wildman–Crippen LogP) is 5.29. The van der Waals surface area contributed by atoms with Gasteiger partial charge >= 0.3 is 12.1 Å². The number of nitrogens with one attached hydrogen (secondary N) is 1. The highest BCUT2D eigenvalue weighted by atomic mass is 32.2. The van der Waals surface area contributed by atoms with E-state index in [-0.39, 0.29) is 17.4 Å². The lowest BCUT2D eigenvalue weighted by atomic mass is 9.69. The number of aromatic nitrogens is 1. The van der Waals surface area contributed by atoms with Crippen LogP contribution in [0, 0.1) is 17.7 Å². The minimum Gasteiger partial charge on any atom is -0.481 e. The van der Waals surface area contributed by atoms with Gasteiger partial charge in [0.2, 0.25) is 5.91 Å². The number of sulfonamides is 1. The van der Waals surface area contributed by atoms with Crippen molar-refractivity contribution in [1.29, 1.82) is 0 Å². The number of anilines is 2. The average Bonchev–Trinajstić information content (AvgIpc) is 2.93. The summed E-state index contributed by atoms with van der Waals surface area (Å²) >= 11 is 0. The first-order chi connectivity index (χ1) is 18.8. The summed E-state index contributed by atoms with van der Waals surface area (Å²) in [5, 5.41) is 12.3. The summed E-state index contributed by atoms with van der Waals surface area (Å²) in [6.07, 6.45) is -1.00. The van der Waals surface area contributed by atoms with Crippen molar-refractivity contribution in [1.82, 2.24) is 4.98 Å². The summed E-state index contributed by atoms with van der Waals surface area (Å²) in [4.78, 5) is 29.2. The van der Waals surface area contributed by atoms with Gasteiger partial charge in [-0.2, -0.15) is 13.2 Å². The van der Waals surface area contributed by atoms with E-state index in [1.165, 1.54) is 43.7 Å². The van der Waals surface area contributed by atoms with E-state index in [1.807, 2.05) is 0 Å². The number of amides is 1. The molecule has 40 heavy (non-hydrogen) atoms. The van der Waals surface area contributed by atoms with Crippen molar-refractivity contribution in [2.45, 2.75) is 36.3 Å². The van der Waals surface area contributed by atoms with Gasteiger partial charge in [0.15, 0.2) is 0 Å². The van der Waals surface area contributed by atoms with Crippen LogP contribution in [0.3, 0.4) is 0 Å². The number of aliphatic carboxylic acids is 1. The van der Waals surface area contributed by atoms with Crippen molar-refractivity contribution < 1.29 is 40.7 Å². The van der Waals surface area contributed by atoms with Gasteiger partial charge in [0.25, 0.3) is 10.0 Å². The van der Waals surface area contributed by atoms with Gasteiger partial charge in [0.1, 0.15) is 10.7 Å². The Bertz CT molecular complexity index is 1500. The molecule has 13 heteroatoms. The quantitative estimate of drug-likeness (QED) is 0.368. The van der Waals surface area contributed by atoms with Crippen molar-refractivity contribution >= 4 is 33.3 Å². The summed E-state index contributed by atoms with van der Waals surface area (Å²) in [6.45, 7) is 0. The molecule has 1 fully saturated rings. The number of carbonyl (C=O) groups excluding carboxylic acids is 1. The fourth-order valence-corrected chi connectivity index (χ4v) is 6.12. The maximum atomic E-state index is 14.3. The van der Waals surface area contributed by atoms with E-state index < -0.39 is 62.9 Å². The van der Waals surface area contributed by atoms with E-state index in [9.17, 15) is 40.7 Å². The van der Waals surface area contributed by atoms with Crippen molar-refractivity contribution in [3.05, 3.63) is 83.9 Å². The molecule has 1 amide bonds. The van der Waals surface area contributed by atoms with Crippen molar-refractivity contribution in [2.75, 3.05) is 16.7 Å². The molecule has 1 heterocycles. The molecule has 3 atom stereocenters. The van der Waals surface area contributed by atoms with Gasteiger partial charge in [-0.15, -0.1) is 0 Å². The van der Waals surface area contributed by atoms with Gasteiger partial charge in [0, 0.05) is 19.4 Å². The number of alkyl halides is 3. The Morgan fingerprint density at radius 3 is 2.35 bits per heavy atom. The molecule has 8 nitrogen and oxygen atoms in total. The number of nitrogens with zero attached hydrogens (tertiary/aromatic N) is 2. The van der Waals surface area contributed by atoms with Gasteiger partial charge in [0.05, 0.1) is 28.8 Å². The lowest BCUT2D eigenvalue weighted by Crippen LogP contribution is -2.40. The zero-order chi connectivity index (χ0) is 29.2. The Morgan fingerprint density at radius 2 is 1.77 bits per heavy atom. The van der Waals surface area contributed by atoms with Crippen LogP contribution in [0.15, 0.2) is 71.9 Å². The average molecular weight is 580 g/mol. The zero-order valence-corrected chi connectivity index (χ0v) is 21.9. The van der Waals surface area contributed by atoms with E-state index in [1.54, 1.807) is 12.1 Å². The molecular formula is C27H25F4N3O5S. The van der Waals surface area contributed by atoms with Crippen LogP contribution in [-0.4, -0.2) is 37.4 Å². The van der Waals surface area contributed by atoms with Gasteiger partial charge < -0.3 is 10.4 Å².